The van der Waals surface area contributed by atoms with Crippen molar-refractivity contribution < 1.29 is 13.6 Å². The van der Waals surface area contributed by atoms with Gasteiger partial charge in [0.2, 0.25) is 0 Å². The van der Waals surface area contributed by atoms with E-state index in [9.17, 15) is 9.47 Å². The molecule has 2 aliphatic carbocycles. The van der Waals surface area contributed by atoms with E-state index in [1.165, 1.54) is 13.8 Å². The first-order valence-electron chi connectivity index (χ1n) is 5.83. The highest BCUT2D eigenvalue weighted by molar-refractivity contribution is 7.99. The van der Waals surface area contributed by atoms with E-state index in [4.69, 9.17) is 9.05 Å². The van der Waals surface area contributed by atoms with Gasteiger partial charge in [0.05, 0.1) is 11.4 Å². The Morgan fingerprint density at radius 1 is 1.35 bits per heavy atom. The molecule has 2 rings (SSSR count). The second kappa shape index (κ2) is 5.00. The Bertz CT molecular complexity index is 331. The molecule has 98 valence electrons. The molecule has 1 atom stereocenters. The maximum Gasteiger partial charge on any atom is 0.327 e. The Labute approximate surface area is 106 Å². The highest BCUT2D eigenvalue weighted by atomic mass is 32.2. The fourth-order valence-electron chi connectivity index (χ4n) is 2.23. The van der Waals surface area contributed by atoms with Gasteiger partial charge in [-0.1, -0.05) is 0 Å². The van der Waals surface area contributed by atoms with Crippen LogP contribution in [-0.2, 0) is 13.6 Å². The molecule has 0 radical (unpaired) electrons. The highest BCUT2D eigenvalue weighted by Gasteiger charge is 2.56. The van der Waals surface area contributed by atoms with E-state index in [-0.39, 0.29) is 4.75 Å². The van der Waals surface area contributed by atoms with Crippen LogP contribution in [0.5, 0.6) is 0 Å². The van der Waals surface area contributed by atoms with Gasteiger partial charge in [-0.25, -0.2) is 0 Å². The van der Waals surface area contributed by atoms with Crippen LogP contribution in [0.25, 0.3) is 0 Å². The van der Waals surface area contributed by atoms with E-state index in [1.54, 1.807) is 0 Å². The van der Waals surface area contributed by atoms with Gasteiger partial charge in [-0.05, 0) is 37.5 Å². The normalized spacial score (nSPS) is 24.4. The summed E-state index contributed by atoms with van der Waals surface area (Å²) >= 11 is 1.08. The molecule has 5 nitrogen and oxygen atoms in total. The number of hydrogen-bond acceptors (Lipinski definition) is 6. The molecule has 0 heterocycles. The highest BCUT2D eigenvalue weighted by Crippen LogP contribution is 2.60. The zero-order valence-corrected chi connectivity index (χ0v) is 11.8. The van der Waals surface area contributed by atoms with Crippen LogP contribution in [0.4, 0.5) is 0 Å². The zero-order valence-electron chi connectivity index (χ0n) is 10.1. The first-order valence-corrected chi connectivity index (χ1v) is 8.59. The number of nitrogens with zero attached hydrogens (tertiary/aromatic N) is 1. The minimum absolute atomic E-state index is 0.258. The topological polar surface area (TPSA) is 65.0 Å². The molecule has 2 saturated carbocycles. The van der Waals surface area contributed by atoms with Crippen molar-refractivity contribution in [2.24, 2.45) is 16.4 Å². The van der Waals surface area contributed by atoms with Crippen molar-refractivity contribution in [3.63, 3.8) is 0 Å². The maximum absolute atomic E-state index is 11.8. The van der Waals surface area contributed by atoms with E-state index >= 15 is 0 Å². The lowest BCUT2D eigenvalue weighted by atomic mass is 9.98. The summed E-state index contributed by atoms with van der Waals surface area (Å²) in [6, 6.07) is 0. The van der Waals surface area contributed by atoms with Gasteiger partial charge in [-0.3, -0.25) is 4.57 Å². The van der Waals surface area contributed by atoms with Crippen molar-refractivity contribution in [1.29, 1.82) is 0 Å². The van der Waals surface area contributed by atoms with Crippen LogP contribution in [0, 0.1) is 16.7 Å². The van der Waals surface area contributed by atoms with Gasteiger partial charge in [0.25, 0.3) is 0 Å². The fraction of sp³-hybridized carbons (Fsp3) is 1.00. The van der Waals surface area contributed by atoms with E-state index in [2.05, 4.69) is 4.58 Å². The summed E-state index contributed by atoms with van der Waals surface area (Å²) in [4.78, 5) is 10.6. The second-order valence-electron chi connectivity index (χ2n) is 4.90. The summed E-state index contributed by atoms with van der Waals surface area (Å²) in [5, 5.41) is 0. The molecule has 1 unspecified atom stereocenters. The van der Waals surface area contributed by atoms with Crippen molar-refractivity contribution in [3.8, 4) is 0 Å². The Balaban J connectivity index is 2.04. The van der Waals surface area contributed by atoms with Crippen LogP contribution >= 0.6 is 19.5 Å². The minimum atomic E-state index is -2.97. The van der Waals surface area contributed by atoms with Gasteiger partial charge in [0, 0.05) is 30.3 Å². The summed E-state index contributed by atoms with van der Waals surface area (Å²) in [6.07, 6.45) is 4.46. The largest absolute Gasteiger partial charge is 0.327 e. The molecule has 0 aliphatic heterocycles. The molecule has 0 amide bonds. The number of rotatable bonds is 8. The lowest BCUT2D eigenvalue weighted by Crippen LogP contribution is -2.35. The van der Waals surface area contributed by atoms with Crippen LogP contribution in [0.1, 0.15) is 25.7 Å². The summed E-state index contributed by atoms with van der Waals surface area (Å²) in [5.74, 6) is 0.962. The van der Waals surface area contributed by atoms with Gasteiger partial charge in [0.1, 0.15) is 0 Å². The lowest BCUT2D eigenvalue weighted by Gasteiger charge is -2.30. The predicted molar refractivity (Wildman–Crippen MR) is 68.1 cm³/mol. The first kappa shape index (κ1) is 13.5. The standard InChI is InChI=1S/C10H18NO4PS/c1-14-16(2,13)15-7-10(17-11-12,8-3-4-8)9-5-6-9/h8-9H,3-7H2,1-2H3. The van der Waals surface area contributed by atoms with Gasteiger partial charge in [-0.2, -0.15) is 0 Å². The lowest BCUT2D eigenvalue weighted by molar-refractivity contribution is 0.196. The third-order valence-electron chi connectivity index (χ3n) is 3.60. The first-order chi connectivity index (χ1) is 8.04. The van der Waals surface area contributed by atoms with Crippen LogP contribution in [0.2, 0.25) is 0 Å². The Hall–Kier alpha value is 0.100. The molecule has 0 N–H and O–H groups in total. The van der Waals surface area contributed by atoms with Crippen LogP contribution < -0.4 is 0 Å². The Morgan fingerprint density at radius 3 is 2.24 bits per heavy atom. The third-order valence-corrected chi connectivity index (χ3v) is 6.06. The van der Waals surface area contributed by atoms with Gasteiger partial charge < -0.3 is 9.05 Å². The van der Waals surface area contributed by atoms with Crippen LogP contribution in [0.15, 0.2) is 4.58 Å². The van der Waals surface area contributed by atoms with E-state index in [0.717, 1.165) is 37.6 Å². The van der Waals surface area contributed by atoms with Crippen molar-refractivity contribution in [1.82, 2.24) is 0 Å². The van der Waals surface area contributed by atoms with Crippen LogP contribution in [-0.4, -0.2) is 25.1 Å². The molecule has 2 aliphatic rings. The number of hydrogen-bond donors (Lipinski definition) is 0. The van der Waals surface area contributed by atoms with Crippen molar-refractivity contribution in [2.45, 2.75) is 30.4 Å². The van der Waals surface area contributed by atoms with Gasteiger partial charge >= 0.3 is 7.60 Å². The summed E-state index contributed by atoms with van der Waals surface area (Å²) in [5.41, 5.74) is 0. The molecular weight excluding hydrogens is 261 g/mol. The smallest absolute Gasteiger partial charge is 0.312 e. The van der Waals surface area contributed by atoms with Gasteiger partial charge in [-0.15, -0.1) is 4.91 Å². The second-order valence-corrected chi connectivity index (χ2v) is 8.15. The Kier molecular flexibility index (Phi) is 3.98. The molecule has 0 aromatic heterocycles. The van der Waals surface area contributed by atoms with Crippen molar-refractivity contribution >= 4 is 19.5 Å². The zero-order chi connectivity index (χ0) is 12.5. The van der Waals surface area contributed by atoms with Crippen molar-refractivity contribution in [3.05, 3.63) is 4.91 Å². The molecule has 17 heavy (non-hydrogen) atoms. The average Bonchev–Trinajstić information content (AvgIpc) is 3.17. The molecule has 2 fully saturated rings. The fourth-order valence-corrected chi connectivity index (χ4v) is 3.89. The number of nitroso groups, excluding NO2 is 1. The van der Waals surface area contributed by atoms with Crippen molar-refractivity contribution in [2.75, 3.05) is 20.4 Å². The molecular formula is C10H18NO4PS. The van der Waals surface area contributed by atoms with E-state index < -0.39 is 7.60 Å². The quantitative estimate of drug-likeness (QED) is 0.387. The minimum Gasteiger partial charge on any atom is -0.312 e. The molecule has 0 bridgehead atoms. The molecule has 0 saturated heterocycles. The predicted octanol–water partition coefficient (Wildman–Crippen LogP) is 3.45. The molecule has 0 aromatic rings. The SMILES string of the molecule is COP(C)(=O)OCC(SN=O)(C1CC1)C1CC1. The summed E-state index contributed by atoms with van der Waals surface area (Å²) in [7, 11) is -1.60. The average molecular weight is 279 g/mol. The maximum atomic E-state index is 11.8. The molecule has 0 aromatic carbocycles. The monoisotopic (exact) mass is 279 g/mol. The summed E-state index contributed by atoms with van der Waals surface area (Å²) < 4.78 is 24.8. The van der Waals surface area contributed by atoms with Gasteiger partial charge in [0.15, 0.2) is 0 Å². The van der Waals surface area contributed by atoms with E-state index in [0.29, 0.717) is 18.4 Å². The summed E-state index contributed by atoms with van der Waals surface area (Å²) in [6.45, 7) is 1.76. The Morgan fingerprint density at radius 2 is 1.88 bits per heavy atom. The van der Waals surface area contributed by atoms with E-state index in [1.807, 2.05) is 0 Å². The molecule has 0 spiro atoms. The molecule has 7 heteroatoms. The van der Waals surface area contributed by atoms with Crippen LogP contribution in [0.3, 0.4) is 0 Å². The third kappa shape index (κ3) is 3.11.